The summed E-state index contributed by atoms with van der Waals surface area (Å²) in [5, 5.41) is 0. The number of ether oxygens (including phenoxy) is 1. The molecule has 0 unspecified atom stereocenters. The van der Waals surface area contributed by atoms with E-state index in [9.17, 15) is 13.2 Å². The molecule has 31 heavy (non-hydrogen) atoms. The molecule has 0 N–H and O–H groups in total. The first-order valence-electron chi connectivity index (χ1n) is 9.95. The van der Waals surface area contributed by atoms with E-state index in [2.05, 4.69) is 0 Å². The first-order valence-corrected chi connectivity index (χ1v) is 11.4. The maximum absolute atomic E-state index is 13.4. The van der Waals surface area contributed by atoms with Crippen LogP contribution in [0, 0.1) is 6.92 Å². The Labute approximate surface area is 183 Å². The van der Waals surface area contributed by atoms with Gasteiger partial charge >= 0.3 is 5.97 Å². The van der Waals surface area contributed by atoms with Gasteiger partial charge in [-0.2, -0.15) is 0 Å². The fourth-order valence-corrected chi connectivity index (χ4v) is 4.42. The number of carbonyl (C=O) groups excluding carboxylic acids is 1. The van der Waals surface area contributed by atoms with Gasteiger partial charge in [0.2, 0.25) is 0 Å². The summed E-state index contributed by atoms with van der Waals surface area (Å²) in [6.07, 6.45) is 1.60. The minimum Gasteiger partial charge on any atom is -0.462 e. The molecule has 3 aromatic rings. The van der Waals surface area contributed by atoms with Crippen LogP contribution in [-0.4, -0.2) is 21.0 Å². The van der Waals surface area contributed by atoms with Crippen LogP contribution in [0.3, 0.4) is 0 Å². The number of hydrogen-bond donors (Lipinski definition) is 0. The van der Waals surface area contributed by atoms with E-state index in [1.165, 1.54) is 4.31 Å². The third-order valence-corrected chi connectivity index (χ3v) is 6.45. The maximum Gasteiger partial charge on any atom is 0.338 e. The highest BCUT2D eigenvalue weighted by Gasteiger charge is 2.23. The zero-order valence-electron chi connectivity index (χ0n) is 17.8. The summed E-state index contributed by atoms with van der Waals surface area (Å²) in [5.74, 6) is -0.386. The van der Waals surface area contributed by atoms with E-state index in [0.717, 1.165) is 16.7 Å². The Morgan fingerprint density at radius 2 is 1.48 bits per heavy atom. The molecule has 0 saturated carbocycles. The number of hydrogen-bond acceptors (Lipinski definition) is 4. The molecule has 0 aliphatic heterocycles. The molecular formula is C25H25NO4S. The largest absolute Gasteiger partial charge is 0.462 e. The topological polar surface area (TPSA) is 63.7 Å². The van der Waals surface area contributed by atoms with Gasteiger partial charge in [-0.25, -0.2) is 17.5 Å². The number of aryl methyl sites for hydroxylation is 1. The number of allylic oxidation sites excluding steroid dienone is 1. The highest BCUT2D eigenvalue weighted by molar-refractivity contribution is 7.93. The second-order valence-electron chi connectivity index (χ2n) is 7.06. The number of rotatable bonds is 7. The number of sulfonamides is 1. The first-order chi connectivity index (χ1) is 14.8. The lowest BCUT2D eigenvalue weighted by atomic mass is 10.1. The van der Waals surface area contributed by atoms with Crippen molar-refractivity contribution in [2.75, 3.05) is 10.9 Å². The lowest BCUT2D eigenvalue weighted by Gasteiger charge is -2.22. The number of esters is 1. The Morgan fingerprint density at radius 3 is 2.06 bits per heavy atom. The third kappa shape index (κ3) is 5.22. The molecule has 0 bridgehead atoms. The van der Waals surface area contributed by atoms with Crippen LogP contribution in [0.4, 0.5) is 5.69 Å². The normalized spacial score (nSPS) is 11.8. The van der Waals surface area contributed by atoms with Gasteiger partial charge in [-0.05, 0) is 68.3 Å². The summed E-state index contributed by atoms with van der Waals surface area (Å²) >= 11 is 0. The zero-order chi connectivity index (χ0) is 22.4. The van der Waals surface area contributed by atoms with Crippen LogP contribution in [0.5, 0.6) is 0 Å². The summed E-state index contributed by atoms with van der Waals surface area (Å²) < 4.78 is 33.2. The van der Waals surface area contributed by atoms with Crippen molar-refractivity contribution in [3.63, 3.8) is 0 Å². The van der Waals surface area contributed by atoms with Crippen LogP contribution in [0.2, 0.25) is 0 Å². The number of anilines is 1. The first kappa shape index (κ1) is 22.3. The standard InChI is InChI=1S/C25H25NO4S/c1-4-30-25(27)22-14-12-21(13-15-22)20(3)18-26(23-8-6-5-7-9-23)31(28,29)24-16-10-19(2)11-17-24/h5-18H,4H2,1-3H3. The minimum atomic E-state index is -3.82. The van der Waals surface area contributed by atoms with Crippen LogP contribution in [-0.2, 0) is 14.8 Å². The van der Waals surface area contributed by atoms with E-state index >= 15 is 0 Å². The van der Waals surface area contributed by atoms with Gasteiger partial charge < -0.3 is 4.74 Å². The molecule has 0 heterocycles. The van der Waals surface area contributed by atoms with E-state index in [4.69, 9.17) is 4.74 Å². The van der Waals surface area contributed by atoms with Gasteiger partial charge in [0.05, 0.1) is 22.8 Å². The van der Waals surface area contributed by atoms with Gasteiger partial charge in [-0.1, -0.05) is 48.0 Å². The van der Waals surface area contributed by atoms with Gasteiger partial charge in [0.1, 0.15) is 0 Å². The van der Waals surface area contributed by atoms with Crippen LogP contribution in [0.25, 0.3) is 5.57 Å². The second kappa shape index (κ2) is 9.62. The Bertz CT molecular complexity index is 1170. The highest BCUT2D eigenvalue weighted by Crippen LogP contribution is 2.27. The van der Waals surface area contributed by atoms with Gasteiger partial charge in [0.15, 0.2) is 0 Å². The average Bonchev–Trinajstić information content (AvgIpc) is 2.78. The molecule has 0 atom stereocenters. The molecule has 160 valence electrons. The predicted octanol–water partition coefficient (Wildman–Crippen LogP) is 5.43. The molecule has 5 nitrogen and oxygen atoms in total. The summed E-state index contributed by atoms with van der Waals surface area (Å²) in [6.45, 7) is 5.81. The van der Waals surface area contributed by atoms with E-state index in [1.807, 2.05) is 19.9 Å². The van der Waals surface area contributed by atoms with E-state index in [-0.39, 0.29) is 10.9 Å². The quantitative estimate of drug-likeness (QED) is 0.464. The van der Waals surface area contributed by atoms with Crippen molar-refractivity contribution in [2.45, 2.75) is 25.7 Å². The van der Waals surface area contributed by atoms with Gasteiger partial charge in [-0.3, -0.25) is 0 Å². The van der Waals surface area contributed by atoms with Crippen molar-refractivity contribution >= 4 is 27.3 Å². The Morgan fingerprint density at radius 1 is 0.903 bits per heavy atom. The summed E-state index contributed by atoms with van der Waals surface area (Å²) in [5.41, 5.74) is 3.50. The fourth-order valence-electron chi connectivity index (χ4n) is 3.02. The van der Waals surface area contributed by atoms with Crippen LogP contribution >= 0.6 is 0 Å². The van der Waals surface area contributed by atoms with Crippen molar-refractivity contribution in [3.8, 4) is 0 Å². The number of nitrogens with zero attached hydrogens (tertiary/aromatic N) is 1. The monoisotopic (exact) mass is 435 g/mol. The summed E-state index contributed by atoms with van der Waals surface area (Å²) in [4.78, 5) is 12.1. The molecule has 0 aliphatic rings. The Hall–Kier alpha value is -3.38. The van der Waals surface area contributed by atoms with E-state index < -0.39 is 10.0 Å². The number of benzene rings is 3. The smallest absolute Gasteiger partial charge is 0.338 e. The number of para-hydroxylation sites is 1. The number of carbonyl (C=O) groups is 1. The Kier molecular flexibility index (Phi) is 6.92. The van der Waals surface area contributed by atoms with Crippen molar-refractivity contribution in [1.82, 2.24) is 0 Å². The molecule has 3 aromatic carbocycles. The SMILES string of the molecule is CCOC(=O)c1ccc(C(C)=CN(c2ccccc2)S(=O)(=O)c2ccc(C)cc2)cc1. The maximum atomic E-state index is 13.4. The van der Waals surface area contributed by atoms with E-state index in [1.54, 1.807) is 85.9 Å². The van der Waals surface area contributed by atoms with Gasteiger partial charge in [0.25, 0.3) is 10.0 Å². The molecule has 0 amide bonds. The zero-order valence-corrected chi connectivity index (χ0v) is 18.6. The average molecular weight is 436 g/mol. The van der Waals surface area contributed by atoms with Gasteiger partial charge in [-0.15, -0.1) is 0 Å². The van der Waals surface area contributed by atoms with Crippen molar-refractivity contribution in [1.29, 1.82) is 0 Å². The Balaban J connectivity index is 2.01. The lowest BCUT2D eigenvalue weighted by Crippen LogP contribution is -2.26. The third-order valence-electron chi connectivity index (χ3n) is 4.75. The molecule has 0 saturated heterocycles. The molecule has 0 fully saturated rings. The van der Waals surface area contributed by atoms with Crippen LogP contribution in [0.15, 0.2) is 90.0 Å². The molecule has 0 radical (unpaired) electrons. The van der Waals surface area contributed by atoms with Crippen LogP contribution < -0.4 is 4.31 Å². The minimum absolute atomic E-state index is 0.212. The predicted molar refractivity (Wildman–Crippen MR) is 123 cm³/mol. The van der Waals surface area contributed by atoms with Gasteiger partial charge in [0, 0.05) is 6.20 Å². The van der Waals surface area contributed by atoms with Crippen molar-refractivity contribution in [2.24, 2.45) is 0 Å². The molecule has 0 spiro atoms. The molecule has 6 heteroatoms. The fraction of sp³-hybridized carbons (Fsp3) is 0.160. The summed E-state index contributed by atoms with van der Waals surface area (Å²) in [6, 6.07) is 22.6. The summed E-state index contributed by atoms with van der Waals surface area (Å²) in [7, 11) is -3.82. The highest BCUT2D eigenvalue weighted by atomic mass is 32.2. The molecule has 0 aliphatic carbocycles. The molecule has 3 rings (SSSR count). The lowest BCUT2D eigenvalue weighted by molar-refractivity contribution is 0.0526. The van der Waals surface area contributed by atoms with Crippen LogP contribution in [0.1, 0.15) is 35.3 Å². The molecular weight excluding hydrogens is 410 g/mol. The van der Waals surface area contributed by atoms with Crippen molar-refractivity contribution in [3.05, 3.63) is 102 Å². The second-order valence-corrected chi connectivity index (χ2v) is 8.87. The van der Waals surface area contributed by atoms with E-state index in [0.29, 0.717) is 17.9 Å². The molecule has 0 aromatic heterocycles. The van der Waals surface area contributed by atoms with Crippen molar-refractivity contribution < 1.29 is 17.9 Å².